The molecule has 1 aromatic heterocycles. The van der Waals surface area contributed by atoms with Crippen molar-refractivity contribution in [3.63, 3.8) is 0 Å². The molecule has 2 heterocycles. The van der Waals surface area contributed by atoms with Crippen molar-refractivity contribution in [2.24, 2.45) is 0 Å². The zero-order valence-electron chi connectivity index (χ0n) is 26.5. The lowest BCUT2D eigenvalue weighted by molar-refractivity contribution is -0.185. The van der Waals surface area contributed by atoms with Crippen molar-refractivity contribution in [3.8, 4) is 0 Å². The topological polar surface area (TPSA) is 142 Å². The van der Waals surface area contributed by atoms with Crippen LogP contribution in [0.2, 0.25) is 0 Å². The molecule has 48 heavy (non-hydrogen) atoms. The number of cyclic esters (lactones) is 1. The number of aromatic nitrogens is 2. The zero-order chi connectivity index (χ0) is 34.3. The van der Waals surface area contributed by atoms with Gasteiger partial charge in [0.25, 0.3) is 5.79 Å². The van der Waals surface area contributed by atoms with Crippen molar-refractivity contribution in [2.45, 2.75) is 33.0 Å². The number of carbonyl (C=O) groups excluding carboxylic acids is 4. The van der Waals surface area contributed by atoms with Crippen LogP contribution < -0.4 is 0 Å². The Morgan fingerprint density at radius 1 is 0.833 bits per heavy atom. The van der Waals surface area contributed by atoms with E-state index < -0.39 is 17.7 Å². The second-order valence-electron chi connectivity index (χ2n) is 10.8. The predicted molar refractivity (Wildman–Crippen MR) is 179 cm³/mol. The van der Waals surface area contributed by atoms with Gasteiger partial charge in [-0.15, -0.1) is 0 Å². The maximum atomic E-state index is 13.2. The van der Waals surface area contributed by atoms with Gasteiger partial charge in [-0.2, -0.15) is 8.75 Å². The summed E-state index contributed by atoms with van der Waals surface area (Å²) in [5.74, 6) is -3.32. The minimum atomic E-state index is -1.94. The fourth-order valence-corrected chi connectivity index (χ4v) is 5.60. The predicted octanol–water partition coefficient (Wildman–Crippen LogP) is 6.25. The molecule has 1 aliphatic heterocycles. The molecule has 0 fully saturated rings. The fourth-order valence-electron chi connectivity index (χ4n) is 5.08. The summed E-state index contributed by atoms with van der Waals surface area (Å²) in [5, 5.41) is 11.8. The van der Waals surface area contributed by atoms with Crippen LogP contribution in [0.3, 0.4) is 0 Å². The van der Waals surface area contributed by atoms with Gasteiger partial charge in [0.15, 0.2) is 0 Å². The summed E-state index contributed by atoms with van der Waals surface area (Å²) >= 11 is 1.09. The number of hydrogen-bond donors (Lipinski definition) is 1. The molecule has 0 aliphatic carbocycles. The second kappa shape index (κ2) is 14.9. The standard InChI is InChI=1S/C27H22N2O5S.C10H10O3/c1-3-33-25(30)18-8-6-17(7-9-18)14-21-24(19-10-13-22-23(15-19)29-35-28-22)26(31)34-27(21,32)20-11-4-16(2)5-12-20;1-2-13-10(12)9-5-3-8(7-11)4-6-9/h4-13,15,32H,3,14H2,1-2H3;3-7H,2H2,1H3. The number of carbonyl (C=O) groups is 4. The molecular formula is C37H32N2O8S. The number of benzene rings is 4. The summed E-state index contributed by atoms with van der Waals surface area (Å²) in [6.45, 7) is 6.09. The first kappa shape index (κ1) is 33.8. The molecule has 0 saturated carbocycles. The summed E-state index contributed by atoms with van der Waals surface area (Å²) < 4.78 is 24.0. The zero-order valence-corrected chi connectivity index (χ0v) is 27.3. The van der Waals surface area contributed by atoms with Gasteiger partial charge >= 0.3 is 17.9 Å². The Balaban J connectivity index is 0.000000292. The second-order valence-corrected chi connectivity index (χ2v) is 11.3. The number of ether oxygens (including phenoxy) is 3. The van der Waals surface area contributed by atoms with Gasteiger partial charge in [-0.3, -0.25) is 4.79 Å². The van der Waals surface area contributed by atoms with Gasteiger partial charge in [-0.1, -0.05) is 60.2 Å². The molecule has 0 amide bonds. The van der Waals surface area contributed by atoms with Gasteiger partial charge in [0.2, 0.25) is 0 Å². The normalized spacial score (nSPS) is 15.4. The molecule has 0 radical (unpaired) electrons. The highest BCUT2D eigenvalue weighted by Gasteiger charge is 2.48. The Labute approximate surface area is 280 Å². The van der Waals surface area contributed by atoms with E-state index >= 15 is 0 Å². The van der Waals surface area contributed by atoms with E-state index in [1.54, 1.807) is 92.7 Å². The van der Waals surface area contributed by atoms with Crippen molar-refractivity contribution >= 4 is 52.5 Å². The van der Waals surface area contributed by atoms with Crippen LogP contribution in [0.4, 0.5) is 0 Å². The Morgan fingerprint density at radius 3 is 2.00 bits per heavy atom. The van der Waals surface area contributed by atoms with E-state index in [2.05, 4.69) is 8.75 Å². The monoisotopic (exact) mass is 664 g/mol. The lowest BCUT2D eigenvalue weighted by Crippen LogP contribution is -2.29. The van der Waals surface area contributed by atoms with E-state index in [9.17, 15) is 24.3 Å². The third-order valence-electron chi connectivity index (χ3n) is 7.54. The van der Waals surface area contributed by atoms with Gasteiger partial charge in [0.05, 0.1) is 41.6 Å². The van der Waals surface area contributed by atoms with E-state index in [1.165, 1.54) is 0 Å². The van der Waals surface area contributed by atoms with Crippen molar-refractivity contribution in [1.29, 1.82) is 0 Å². The van der Waals surface area contributed by atoms with Gasteiger partial charge in [-0.25, -0.2) is 14.4 Å². The molecule has 1 atom stereocenters. The van der Waals surface area contributed by atoms with Crippen LogP contribution in [0.5, 0.6) is 0 Å². The highest BCUT2D eigenvalue weighted by atomic mass is 32.1. The maximum absolute atomic E-state index is 13.2. The largest absolute Gasteiger partial charge is 0.462 e. The molecule has 6 rings (SSSR count). The van der Waals surface area contributed by atoms with E-state index in [0.29, 0.717) is 52.1 Å². The molecule has 1 aliphatic rings. The van der Waals surface area contributed by atoms with Crippen LogP contribution in [-0.4, -0.2) is 51.3 Å². The van der Waals surface area contributed by atoms with E-state index in [0.717, 1.165) is 34.7 Å². The van der Waals surface area contributed by atoms with Crippen molar-refractivity contribution in [2.75, 3.05) is 13.2 Å². The molecule has 5 aromatic rings. The van der Waals surface area contributed by atoms with Gasteiger partial charge < -0.3 is 19.3 Å². The summed E-state index contributed by atoms with van der Waals surface area (Å²) in [5.41, 5.74) is 6.41. The van der Waals surface area contributed by atoms with E-state index in [4.69, 9.17) is 14.2 Å². The molecule has 11 heteroatoms. The summed E-state index contributed by atoms with van der Waals surface area (Å²) in [6.07, 6.45) is 0.955. The summed E-state index contributed by atoms with van der Waals surface area (Å²) in [4.78, 5) is 46.7. The van der Waals surface area contributed by atoms with Gasteiger partial charge in [0, 0.05) is 23.1 Å². The lowest BCUT2D eigenvalue weighted by Gasteiger charge is -2.26. The van der Waals surface area contributed by atoms with Crippen LogP contribution in [0.15, 0.2) is 96.6 Å². The molecule has 10 nitrogen and oxygen atoms in total. The average molecular weight is 665 g/mol. The van der Waals surface area contributed by atoms with Crippen molar-refractivity contribution < 1.29 is 38.5 Å². The van der Waals surface area contributed by atoms with Crippen LogP contribution >= 0.6 is 11.7 Å². The van der Waals surface area contributed by atoms with Gasteiger partial charge in [-0.05, 0) is 68.3 Å². The highest BCUT2D eigenvalue weighted by Crippen LogP contribution is 2.45. The Bertz CT molecular complexity index is 1980. The third kappa shape index (κ3) is 7.38. The van der Waals surface area contributed by atoms with Gasteiger partial charge in [0.1, 0.15) is 17.3 Å². The number of rotatable bonds is 9. The van der Waals surface area contributed by atoms with Crippen LogP contribution in [0.25, 0.3) is 16.6 Å². The SMILES string of the molecule is CCOC(=O)c1ccc(C=O)cc1.CCOC(=O)c1ccc(CC2=C(c3ccc4nsnc4c3)C(=O)OC2(O)c2ccc(C)cc2)cc1. The fraction of sp³-hybridized carbons (Fsp3) is 0.189. The molecule has 0 spiro atoms. The molecule has 1 N–H and O–H groups in total. The minimum absolute atomic E-state index is 0.224. The first-order valence-electron chi connectivity index (χ1n) is 15.1. The smallest absolute Gasteiger partial charge is 0.342 e. The number of hydrogen-bond acceptors (Lipinski definition) is 11. The molecule has 1 unspecified atom stereocenters. The highest BCUT2D eigenvalue weighted by molar-refractivity contribution is 7.00. The number of aryl methyl sites for hydroxylation is 1. The minimum Gasteiger partial charge on any atom is -0.462 e. The Hall–Kier alpha value is -5.52. The molecule has 244 valence electrons. The molecule has 0 saturated heterocycles. The summed E-state index contributed by atoms with van der Waals surface area (Å²) in [6, 6.07) is 25.8. The third-order valence-corrected chi connectivity index (χ3v) is 8.10. The number of aldehydes is 1. The first-order chi connectivity index (χ1) is 23.2. The van der Waals surface area contributed by atoms with Crippen molar-refractivity contribution in [3.05, 3.63) is 136 Å². The molecular weight excluding hydrogens is 632 g/mol. The Morgan fingerprint density at radius 2 is 1.42 bits per heavy atom. The number of aliphatic hydroxyl groups is 1. The van der Waals surface area contributed by atoms with Crippen LogP contribution in [0, 0.1) is 6.92 Å². The number of esters is 3. The first-order valence-corrected chi connectivity index (χ1v) is 15.9. The Kier molecular flexibility index (Phi) is 10.5. The quantitative estimate of drug-likeness (QED) is 0.109. The summed E-state index contributed by atoms with van der Waals surface area (Å²) in [7, 11) is 0. The van der Waals surface area contributed by atoms with E-state index in [-0.39, 0.29) is 18.0 Å². The van der Waals surface area contributed by atoms with Crippen molar-refractivity contribution in [1.82, 2.24) is 8.75 Å². The lowest BCUT2D eigenvalue weighted by atomic mass is 9.87. The van der Waals surface area contributed by atoms with Crippen LogP contribution in [-0.2, 0) is 31.2 Å². The van der Waals surface area contributed by atoms with Crippen LogP contribution in [0.1, 0.15) is 67.2 Å². The molecule has 4 aromatic carbocycles. The number of fused-ring (bicyclic) bond motifs is 1. The maximum Gasteiger partial charge on any atom is 0.342 e. The average Bonchev–Trinajstić information content (AvgIpc) is 3.67. The van der Waals surface area contributed by atoms with E-state index in [1.807, 2.05) is 19.1 Å². The number of nitrogens with zero attached hydrogens (tertiary/aromatic N) is 2. The molecule has 0 bridgehead atoms.